The third kappa shape index (κ3) is 2.98. The average molecular weight is 340 g/mol. The van der Waals surface area contributed by atoms with E-state index in [1.54, 1.807) is 31.2 Å². The number of sulfone groups is 1. The molecule has 0 radical (unpaired) electrons. The van der Waals surface area contributed by atoms with E-state index in [1.165, 1.54) is 0 Å². The van der Waals surface area contributed by atoms with Crippen molar-refractivity contribution in [2.45, 2.75) is 17.6 Å². The standard InChI is InChI=1S/C14H14BrNO2S/c1-10-13(16)7-4-8-14(10)19(17,18)9-11-5-2-3-6-12(11)15/h2-8H,9,16H2,1H3. The Morgan fingerprint density at radius 1 is 1.11 bits per heavy atom. The maximum atomic E-state index is 12.5. The highest BCUT2D eigenvalue weighted by atomic mass is 79.9. The highest BCUT2D eigenvalue weighted by Crippen LogP contribution is 2.26. The first kappa shape index (κ1) is 14.1. The Morgan fingerprint density at radius 3 is 2.47 bits per heavy atom. The van der Waals surface area contributed by atoms with Crippen molar-refractivity contribution in [3.8, 4) is 0 Å². The van der Waals surface area contributed by atoms with Crippen LogP contribution in [0.4, 0.5) is 5.69 Å². The maximum absolute atomic E-state index is 12.5. The first-order valence-electron chi connectivity index (χ1n) is 5.73. The molecule has 2 aromatic rings. The molecule has 0 aliphatic rings. The molecule has 0 atom stereocenters. The smallest absolute Gasteiger partial charge is 0.182 e. The van der Waals surface area contributed by atoms with Gasteiger partial charge in [0.25, 0.3) is 0 Å². The van der Waals surface area contributed by atoms with Crippen LogP contribution in [0.5, 0.6) is 0 Å². The van der Waals surface area contributed by atoms with Gasteiger partial charge in [0.15, 0.2) is 9.84 Å². The summed E-state index contributed by atoms with van der Waals surface area (Å²) in [7, 11) is -3.40. The Bertz CT molecular complexity index is 711. The molecule has 0 amide bonds. The Morgan fingerprint density at radius 2 is 1.79 bits per heavy atom. The third-order valence-corrected chi connectivity index (χ3v) is 5.54. The molecule has 0 spiro atoms. The van der Waals surface area contributed by atoms with E-state index < -0.39 is 9.84 Å². The van der Waals surface area contributed by atoms with Gasteiger partial charge in [-0.2, -0.15) is 0 Å². The van der Waals surface area contributed by atoms with Crippen molar-refractivity contribution >= 4 is 31.5 Å². The van der Waals surface area contributed by atoms with Crippen LogP contribution in [-0.2, 0) is 15.6 Å². The monoisotopic (exact) mass is 339 g/mol. The number of rotatable bonds is 3. The molecule has 0 saturated carbocycles. The predicted molar refractivity (Wildman–Crippen MR) is 80.6 cm³/mol. The van der Waals surface area contributed by atoms with Gasteiger partial charge in [0.1, 0.15) is 0 Å². The average Bonchev–Trinajstić information content (AvgIpc) is 2.35. The van der Waals surface area contributed by atoms with Gasteiger partial charge in [-0.05, 0) is 36.2 Å². The van der Waals surface area contributed by atoms with Gasteiger partial charge in [-0.1, -0.05) is 40.2 Å². The lowest BCUT2D eigenvalue weighted by Crippen LogP contribution is -2.08. The molecule has 0 aliphatic heterocycles. The van der Waals surface area contributed by atoms with E-state index in [9.17, 15) is 8.42 Å². The molecule has 2 N–H and O–H groups in total. The van der Waals surface area contributed by atoms with Gasteiger partial charge in [-0.25, -0.2) is 8.42 Å². The Kier molecular flexibility index (Phi) is 3.96. The summed E-state index contributed by atoms with van der Waals surface area (Å²) in [4.78, 5) is 0.295. The van der Waals surface area contributed by atoms with Crippen molar-refractivity contribution in [2.24, 2.45) is 0 Å². The summed E-state index contributed by atoms with van der Waals surface area (Å²) in [5, 5.41) is 0. The Balaban J connectivity index is 2.44. The molecular formula is C14H14BrNO2S. The topological polar surface area (TPSA) is 60.2 Å². The molecule has 0 aromatic heterocycles. The second-order valence-electron chi connectivity index (χ2n) is 4.32. The van der Waals surface area contributed by atoms with Gasteiger partial charge < -0.3 is 5.73 Å². The number of anilines is 1. The lowest BCUT2D eigenvalue weighted by molar-refractivity contribution is 0.594. The van der Waals surface area contributed by atoms with Gasteiger partial charge in [0.05, 0.1) is 10.6 Å². The van der Waals surface area contributed by atoms with Crippen LogP contribution in [0.1, 0.15) is 11.1 Å². The number of halogens is 1. The third-order valence-electron chi connectivity index (χ3n) is 2.96. The van der Waals surface area contributed by atoms with Crippen LogP contribution < -0.4 is 5.73 Å². The number of benzene rings is 2. The molecular weight excluding hydrogens is 326 g/mol. The summed E-state index contributed by atoms with van der Waals surface area (Å²) in [6.07, 6.45) is 0. The van der Waals surface area contributed by atoms with Crippen LogP contribution in [0.15, 0.2) is 51.8 Å². The second kappa shape index (κ2) is 5.35. The molecule has 0 fully saturated rings. The Hall–Kier alpha value is -1.33. The van der Waals surface area contributed by atoms with Gasteiger partial charge in [-0.3, -0.25) is 0 Å². The summed E-state index contributed by atoms with van der Waals surface area (Å²) >= 11 is 3.37. The van der Waals surface area contributed by atoms with E-state index >= 15 is 0 Å². The fourth-order valence-electron chi connectivity index (χ4n) is 1.87. The van der Waals surface area contributed by atoms with Crippen molar-refractivity contribution in [3.63, 3.8) is 0 Å². The number of hydrogen-bond donors (Lipinski definition) is 1. The van der Waals surface area contributed by atoms with E-state index in [0.29, 0.717) is 16.1 Å². The zero-order valence-corrected chi connectivity index (χ0v) is 12.8. The molecule has 2 rings (SSSR count). The summed E-state index contributed by atoms with van der Waals surface area (Å²) in [6.45, 7) is 1.72. The molecule has 2 aromatic carbocycles. The van der Waals surface area contributed by atoms with Gasteiger partial charge >= 0.3 is 0 Å². The minimum absolute atomic E-state index is 0.0429. The molecule has 0 unspecified atom stereocenters. The van der Waals surface area contributed by atoms with E-state index in [4.69, 9.17) is 5.73 Å². The van der Waals surface area contributed by atoms with Gasteiger partial charge in [-0.15, -0.1) is 0 Å². The molecule has 19 heavy (non-hydrogen) atoms. The fourth-order valence-corrected chi connectivity index (χ4v) is 4.16. The summed E-state index contributed by atoms with van der Waals surface area (Å²) in [6, 6.07) is 12.3. The molecule has 0 bridgehead atoms. The number of nitrogen functional groups attached to an aromatic ring is 1. The van der Waals surface area contributed by atoms with Gasteiger partial charge in [0, 0.05) is 10.2 Å². The van der Waals surface area contributed by atoms with Crippen molar-refractivity contribution in [1.29, 1.82) is 0 Å². The first-order valence-corrected chi connectivity index (χ1v) is 8.17. The largest absolute Gasteiger partial charge is 0.398 e. The zero-order valence-electron chi connectivity index (χ0n) is 10.4. The molecule has 3 nitrogen and oxygen atoms in total. The van der Waals surface area contributed by atoms with E-state index in [2.05, 4.69) is 15.9 Å². The summed E-state index contributed by atoms with van der Waals surface area (Å²) < 4.78 is 25.7. The summed E-state index contributed by atoms with van der Waals surface area (Å²) in [5.74, 6) is -0.0429. The molecule has 5 heteroatoms. The second-order valence-corrected chi connectivity index (χ2v) is 7.13. The number of hydrogen-bond acceptors (Lipinski definition) is 3. The van der Waals surface area contributed by atoms with Crippen LogP contribution in [0.3, 0.4) is 0 Å². The molecule has 0 saturated heterocycles. The number of nitrogens with two attached hydrogens (primary N) is 1. The highest BCUT2D eigenvalue weighted by Gasteiger charge is 2.19. The lowest BCUT2D eigenvalue weighted by Gasteiger charge is -2.10. The van der Waals surface area contributed by atoms with Crippen LogP contribution in [0.2, 0.25) is 0 Å². The minimum Gasteiger partial charge on any atom is -0.398 e. The maximum Gasteiger partial charge on any atom is 0.182 e. The van der Waals surface area contributed by atoms with Crippen molar-refractivity contribution in [2.75, 3.05) is 5.73 Å². The first-order chi connectivity index (χ1) is 8.92. The van der Waals surface area contributed by atoms with Crippen molar-refractivity contribution in [1.82, 2.24) is 0 Å². The van der Waals surface area contributed by atoms with Crippen LogP contribution in [-0.4, -0.2) is 8.42 Å². The Labute approximate surface area is 121 Å². The normalized spacial score (nSPS) is 11.5. The molecule has 0 heterocycles. The van der Waals surface area contributed by atoms with E-state index in [-0.39, 0.29) is 5.75 Å². The quantitative estimate of drug-likeness (QED) is 0.872. The summed E-state index contributed by atoms with van der Waals surface area (Å²) in [5.41, 5.74) is 7.61. The van der Waals surface area contributed by atoms with Crippen LogP contribution in [0.25, 0.3) is 0 Å². The predicted octanol–water partition coefficient (Wildman–Crippen LogP) is 3.31. The fraction of sp³-hybridized carbons (Fsp3) is 0.143. The van der Waals surface area contributed by atoms with Crippen LogP contribution >= 0.6 is 15.9 Å². The molecule has 0 aliphatic carbocycles. The van der Waals surface area contributed by atoms with Crippen molar-refractivity contribution in [3.05, 3.63) is 58.1 Å². The van der Waals surface area contributed by atoms with E-state index in [1.807, 2.05) is 18.2 Å². The zero-order chi connectivity index (χ0) is 14.0. The van der Waals surface area contributed by atoms with Crippen molar-refractivity contribution < 1.29 is 8.42 Å². The minimum atomic E-state index is -3.40. The van der Waals surface area contributed by atoms with E-state index in [0.717, 1.165) is 10.0 Å². The molecule has 100 valence electrons. The SMILES string of the molecule is Cc1c(N)cccc1S(=O)(=O)Cc1ccccc1Br. The highest BCUT2D eigenvalue weighted by molar-refractivity contribution is 9.10. The van der Waals surface area contributed by atoms with Gasteiger partial charge in [0.2, 0.25) is 0 Å². The lowest BCUT2D eigenvalue weighted by atomic mass is 10.2. The van der Waals surface area contributed by atoms with Crippen LogP contribution in [0, 0.1) is 6.92 Å².